The van der Waals surface area contributed by atoms with Crippen LogP contribution in [-0.4, -0.2) is 18.2 Å². The molecule has 1 aromatic carbocycles. The second-order valence-corrected chi connectivity index (χ2v) is 4.38. The fourth-order valence-corrected chi connectivity index (χ4v) is 1.72. The van der Waals surface area contributed by atoms with Crippen LogP contribution in [0.15, 0.2) is 47.4 Å². The first-order chi connectivity index (χ1) is 7.18. The van der Waals surface area contributed by atoms with Gasteiger partial charge in [-0.3, -0.25) is 4.79 Å². The average Bonchev–Trinajstić information content (AvgIpc) is 2.25. The smallest absolute Gasteiger partial charge is 0.230 e. The van der Waals surface area contributed by atoms with Gasteiger partial charge in [-0.2, -0.15) is 0 Å². The molecule has 0 aliphatic rings. The molecular formula is C12H15NOS. The Morgan fingerprint density at radius 3 is 2.67 bits per heavy atom. The van der Waals surface area contributed by atoms with Gasteiger partial charge >= 0.3 is 0 Å². The van der Waals surface area contributed by atoms with Gasteiger partial charge in [0.25, 0.3) is 0 Å². The van der Waals surface area contributed by atoms with Gasteiger partial charge in [-0.1, -0.05) is 30.4 Å². The van der Waals surface area contributed by atoms with Gasteiger partial charge in [-0.25, -0.2) is 0 Å². The Bertz CT molecular complexity index is 335. The van der Waals surface area contributed by atoms with Crippen molar-refractivity contribution < 1.29 is 4.79 Å². The number of carbonyl (C=O) groups is 1. The summed E-state index contributed by atoms with van der Waals surface area (Å²) in [5.74, 6) is 0.504. The van der Waals surface area contributed by atoms with Crippen molar-refractivity contribution in [3.05, 3.63) is 42.5 Å². The van der Waals surface area contributed by atoms with Crippen LogP contribution in [-0.2, 0) is 4.79 Å². The highest BCUT2D eigenvalue weighted by molar-refractivity contribution is 8.00. The minimum Gasteiger partial charge on any atom is -0.352 e. The number of thioether (sulfide) groups is 1. The maximum absolute atomic E-state index is 11.3. The normalized spacial score (nSPS) is 9.67. The molecule has 0 radical (unpaired) electrons. The van der Waals surface area contributed by atoms with Gasteiger partial charge in [0, 0.05) is 11.4 Å². The van der Waals surface area contributed by atoms with Crippen LogP contribution in [0.1, 0.15) is 6.92 Å². The molecule has 0 saturated heterocycles. The zero-order valence-electron chi connectivity index (χ0n) is 8.82. The summed E-state index contributed by atoms with van der Waals surface area (Å²) >= 11 is 1.54. The van der Waals surface area contributed by atoms with Gasteiger partial charge in [0.05, 0.1) is 5.75 Å². The molecule has 0 aliphatic carbocycles. The van der Waals surface area contributed by atoms with Crippen molar-refractivity contribution in [3.63, 3.8) is 0 Å². The van der Waals surface area contributed by atoms with Crippen molar-refractivity contribution in [3.8, 4) is 0 Å². The molecule has 80 valence electrons. The van der Waals surface area contributed by atoms with E-state index in [9.17, 15) is 4.79 Å². The Hall–Kier alpha value is -1.22. The third-order valence-corrected chi connectivity index (χ3v) is 2.71. The highest BCUT2D eigenvalue weighted by atomic mass is 32.2. The second-order valence-electron chi connectivity index (χ2n) is 3.34. The molecule has 1 rings (SSSR count). The lowest BCUT2D eigenvalue weighted by molar-refractivity contribution is -0.118. The molecule has 1 aromatic rings. The molecule has 0 aliphatic heterocycles. The minimum atomic E-state index is 0.0480. The molecule has 1 N–H and O–H groups in total. The third-order valence-electron chi connectivity index (χ3n) is 1.70. The van der Waals surface area contributed by atoms with Crippen LogP contribution in [0.4, 0.5) is 0 Å². The SMILES string of the molecule is C=C(C)CNC(=O)CSc1ccccc1. The van der Waals surface area contributed by atoms with Crippen LogP contribution in [0.25, 0.3) is 0 Å². The van der Waals surface area contributed by atoms with E-state index in [1.807, 2.05) is 37.3 Å². The van der Waals surface area contributed by atoms with Gasteiger partial charge in [0.2, 0.25) is 5.91 Å². The van der Waals surface area contributed by atoms with E-state index in [1.54, 1.807) is 0 Å². The Morgan fingerprint density at radius 2 is 2.07 bits per heavy atom. The number of rotatable bonds is 5. The summed E-state index contributed by atoms with van der Waals surface area (Å²) in [5.41, 5.74) is 0.966. The van der Waals surface area contributed by atoms with Gasteiger partial charge < -0.3 is 5.32 Å². The van der Waals surface area contributed by atoms with Crippen LogP contribution in [0.2, 0.25) is 0 Å². The number of benzene rings is 1. The van der Waals surface area contributed by atoms with E-state index in [4.69, 9.17) is 0 Å². The van der Waals surface area contributed by atoms with E-state index in [0.29, 0.717) is 12.3 Å². The molecule has 0 atom stereocenters. The maximum atomic E-state index is 11.3. The Kier molecular flexibility index (Phi) is 4.98. The molecule has 0 heterocycles. The third kappa shape index (κ3) is 5.27. The summed E-state index contributed by atoms with van der Waals surface area (Å²) in [5, 5.41) is 2.79. The molecule has 0 spiro atoms. The monoisotopic (exact) mass is 221 g/mol. The summed E-state index contributed by atoms with van der Waals surface area (Å²) in [6, 6.07) is 9.89. The van der Waals surface area contributed by atoms with Crippen LogP contribution < -0.4 is 5.32 Å². The summed E-state index contributed by atoms with van der Waals surface area (Å²) < 4.78 is 0. The van der Waals surface area contributed by atoms with E-state index >= 15 is 0 Å². The standard InChI is InChI=1S/C12H15NOS/c1-10(2)8-13-12(14)9-15-11-6-4-3-5-7-11/h3-7H,1,8-9H2,2H3,(H,13,14). The molecule has 0 fully saturated rings. The number of hydrogen-bond donors (Lipinski definition) is 1. The molecule has 1 amide bonds. The quantitative estimate of drug-likeness (QED) is 0.611. The van der Waals surface area contributed by atoms with Gasteiger partial charge in [0.1, 0.15) is 0 Å². The second kappa shape index (κ2) is 6.30. The summed E-state index contributed by atoms with van der Waals surface area (Å²) in [4.78, 5) is 12.5. The fraction of sp³-hybridized carbons (Fsp3) is 0.250. The molecule has 0 aromatic heterocycles. The van der Waals surface area contributed by atoms with Crippen molar-refractivity contribution in [2.24, 2.45) is 0 Å². The molecule has 0 saturated carbocycles. The molecule has 15 heavy (non-hydrogen) atoms. The first kappa shape index (κ1) is 11.9. The van der Waals surface area contributed by atoms with Gasteiger partial charge in [-0.05, 0) is 19.1 Å². The minimum absolute atomic E-state index is 0.0480. The predicted molar refractivity (Wildman–Crippen MR) is 65.0 cm³/mol. The van der Waals surface area contributed by atoms with Crippen molar-refractivity contribution in [1.82, 2.24) is 5.32 Å². The van der Waals surface area contributed by atoms with Gasteiger partial charge in [-0.15, -0.1) is 11.8 Å². The number of carbonyl (C=O) groups excluding carboxylic acids is 1. The Labute approximate surface area is 94.8 Å². The highest BCUT2D eigenvalue weighted by Gasteiger charge is 2.01. The molecule has 3 heteroatoms. The predicted octanol–water partition coefficient (Wildman–Crippen LogP) is 2.47. The molecule has 0 unspecified atom stereocenters. The van der Waals surface area contributed by atoms with Gasteiger partial charge in [0.15, 0.2) is 0 Å². The topological polar surface area (TPSA) is 29.1 Å². The zero-order chi connectivity index (χ0) is 11.1. The van der Waals surface area contributed by atoms with Crippen LogP contribution in [0.5, 0.6) is 0 Å². The molecule has 0 bridgehead atoms. The summed E-state index contributed by atoms with van der Waals surface area (Å²) in [6.45, 7) is 6.18. The van der Waals surface area contributed by atoms with Crippen molar-refractivity contribution in [1.29, 1.82) is 0 Å². The zero-order valence-corrected chi connectivity index (χ0v) is 9.64. The lowest BCUT2D eigenvalue weighted by Crippen LogP contribution is -2.26. The van der Waals surface area contributed by atoms with E-state index in [-0.39, 0.29) is 5.91 Å². The van der Waals surface area contributed by atoms with Crippen molar-refractivity contribution >= 4 is 17.7 Å². The number of nitrogens with one attached hydrogen (secondary N) is 1. The van der Waals surface area contributed by atoms with Crippen molar-refractivity contribution in [2.75, 3.05) is 12.3 Å². The Morgan fingerprint density at radius 1 is 1.40 bits per heavy atom. The van der Waals surface area contributed by atoms with Crippen LogP contribution in [0, 0.1) is 0 Å². The lowest BCUT2D eigenvalue weighted by Gasteiger charge is -2.04. The van der Waals surface area contributed by atoms with E-state index in [0.717, 1.165) is 10.5 Å². The Balaban J connectivity index is 2.26. The summed E-state index contributed by atoms with van der Waals surface area (Å²) in [7, 11) is 0. The number of hydrogen-bond acceptors (Lipinski definition) is 2. The highest BCUT2D eigenvalue weighted by Crippen LogP contribution is 2.15. The van der Waals surface area contributed by atoms with Crippen molar-refractivity contribution in [2.45, 2.75) is 11.8 Å². The van der Waals surface area contributed by atoms with E-state index < -0.39 is 0 Å². The average molecular weight is 221 g/mol. The first-order valence-corrected chi connectivity index (χ1v) is 5.76. The largest absolute Gasteiger partial charge is 0.352 e. The fourth-order valence-electron chi connectivity index (χ4n) is 0.966. The molecular weight excluding hydrogens is 206 g/mol. The van der Waals surface area contributed by atoms with Crippen LogP contribution >= 0.6 is 11.8 Å². The summed E-state index contributed by atoms with van der Waals surface area (Å²) in [6.07, 6.45) is 0. The van der Waals surface area contributed by atoms with Crippen LogP contribution in [0.3, 0.4) is 0 Å². The first-order valence-electron chi connectivity index (χ1n) is 4.77. The molecule has 2 nitrogen and oxygen atoms in total. The lowest BCUT2D eigenvalue weighted by atomic mass is 10.3. The number of amides is 1. The maximum Gasteiger partial charge on any atom is 0.230 e. The van der Waals surface area contributed by atoms with E-state index in [1.165, 1.54) is 11.8 Å². The van der Waals surface area contributed by atoms with E-state index in [2.05, 4.69) is 11.9 Å².